The monoisotopic (exact) mass is 244 g/mol. The third-order valence-corrected chi connectivity index (χ3v) is 3.77. The fraction of sp³-hybridized carbons (Fsp3) is 0.467. The highest BCUT2D eigenvalue weighted by atomic mass is 16.5. The summed E-state index contributed by atoms with van der Waals surface area (Å²) < 4.78 is 5.38. The summed E-state index contributed by atoms with van der Waals surface area (Å²) in [6, 6.07) is 8.59. The van der Waals surface area contributed by atoms with E-state index in [2.05, 4.69) is 34.6 Å². The maximum Gasteiger partial charge on any atom is 0.0469 e. The smallest absolute Gasteiger partial charge is 0.0469 e. The van der Waals surface area contributed by atoms with Crippen LogP contribution in [-0.4, -0.2) is 24.7 Å². The summed E-state index contributed by atoms with van der Waals surface area (Å²) in [7, 11) is 0. The van der Waals surface area contributed by atoms with Gasteiger partial charge in [-0.15, -0.1) is 0 Å². The molecular weight excluding hydrogens is 224 g/mol. The summed E-state index contributed by atoms with van der Waals surface area (Å²) >= 11 is 0. The minimum absolute atomic E-state index is 0.782. The maximum absolute atomic E-state index is 5.38. The minimum Gasteiger partial charge on any atom is -0.381 e. The molecule has 3 rings (SSSR count). The fourth-order valence-corrected chi connectivity index (χ4v) is 2.67. The SMILES string of the molecule is c1cc(CNCC2CCOCC2)c2cc[nH]c2c1. The van der Waals surface area contributed by atoms with Crippen molar-refractivity contribution in [2.24, 2.45) is 5.92 Å². The van der Waals surface area contributed by atoms with Crippen LogP contribution in [0.1, 0.15) is 18.4 Å². The van der Waals surface area contributed by atoms with Gasteiger partial charge in [-0.2, -0.15) is 0 Å². The molecule has 1 fully saturated rings. The van der Waals surface area contributed by atoms with E-state index < -0.39 is 0 Å². The van der Waals surface area contributed by atoms with Crippen molar-refractivity contribution >= 4 is 10.9 Å². The van der Waals surface area contributed by atoms with Gasteiger partial charge in [-0.3, -0.25) is 0 Å². The van der Waals surface area contributed by atoms with Crippen LogP contribution in [-0.2, 0) is 11.3 Å². The van der Waals surface area contributed by atoms with Crippen molar-refractivity contribution in [2.45, 2.75) is 19.4 Å². The van der Waals surface area contributed by atoms with Crippen LogP contribution in [0.3, 0.4) is 0 Å². The molecule has 0 spiro atoms. The van der Waals surface area contributed by atoms with E-state index >= 15 is 0 Å². The molecular formula is C15H20N2O. The van der Waals surface area contributed by atoms with Crippen LogP contribution in [0.25, 0.3) is 10.9 Å². The zero-order chi connectivity index (χ0) is 12.2. The van der Waals surface area contributed by atoms with E-state index in [4.69, 9.17) is 4.74 Å². The predicted octanol–water partition coefficient (Wildman–Crippen LogP) is 2.68. The van der Waals surface area contributed by atoms with Gasteiger partial charge in [0.2, 0.25) is 0 Å². The van der Waals surface area contributed by atoms with E-state index in [1.165, 1.54) is 29.3 Å². The number of ether oxygens (including phenoxy) is 1. The Hall–Kier alpha value is -1.32. The Bertz CT molecular complexity index is 500. The third-order valence-electron chi connectivity index (χ3n) is 3.77. The average molecular weight is 244 g/mol. The number of H-pyrrole nitrogens is 1. The van der Waals surface area contributed by atoms with Gasteiger partial charge in [0, 0.05) is 36.9 Å². The van der Waals surface area contributed by atoms with E-state index in [1.807, 2.05) is 6.20 Å². The van der Waals surface area contributed by atoms with E-state index in [0.717, 1.165) is 32.2 Å². The molecule has 2 N–H and O–H groups in total. The van der Waals surface area contributed by atoms with Crippen molar-refractivity contribution in [3.63, 3.8) is 0 Å². The molecule has 0 bridgehead atoms. The molecule has 2 heterocycles. The Morgan fingerprint density at radius 2 is 2.11 bits per heavy atom. The van der Waals surface area contributed by atoms with Gasteiger partial charge in [0.25, 0.3) is 0 Å². The first-order valence-corrected chi connectivity index (χ1v) is 6.77. The molecule has 1 aromatic carbocycles. The first-order valence-electron chi connectivity index (χ1n) is 6.77. The first-order chi connectivity index (χ1) is 8.93. The van der Waals surface area contributed by atoms with Crippen LogP contribution < -0.4 is 5.32 Å². The topological polar surface area (TPSA) is 37.0 Å². The predicted molar refractivity (Wildman–Crippen MR) is 73.5 cm³/mol. The van der Waals surface area contributed by atoms with E-state index in [-0.39, 0.29) is 0 Å². The summed E-state index contributed by atoms with van der Waals surface area (Å²) in [5.74, 6) is 0.782. The Morgan fingerprint density at radius 1 is 1.22 bits per heavy atom. The van der Waals surface area contributed by atoms with E-state index in [1.54, 1.807) is 0 Å². The maximum atomic E-state index is 5.38. The van der Waals surface area contributed by atoms with E-state index in [0.29, 0.717) is 0 Å². The lowest BCUT2D eigenvalue weighted by Gasteiger charge is -2.22. The second kappa shape index (κ2) is 5.55. The molecule has 18 heavy (non-hydrogen) atoms. The quantitative estimate of drug-likeness (QED) is 0.867. The molecule has 3 heteroatoms. The van der Waals surface area contributed by atoms with Crippen LogP contribution in [0.15, 0.2) is 30.5 Å². The van der Waals surface area contributed by atoms with Crippen molar-refractivity contribution < 1.29 is 4.74 Å². The average Bonchev–Trinajstić information content (AvgIpc) is 2.89. The number of nitrogens with one attached hydrogen (secondary N) is 2. The van der Waals surface area contributed by atoms with Crippen molar-refractivity contribution in [1.82, 2.24) is 10.3 Å². The number of rotatable bonds is 4. The molecule has 0 radical (unpaired) electrons. The molecule has 0 saturated carbocycles. The number of benzene rings is 1. The zero-order valence-corrected chi connectivity index (χ0v) is 10.6. The molecule has 0 unspecified atom stereocenters. The molecule has 1 saturated heterocycles. The largest absolute Gasteiger partial charge is 0.381 e. The van der Waals surface area contributed by atoms with Gasteiger partial charge in [0.05, 0.1) is 0 Å². The zero-order valence-electron chi connectivity index (χ0n) is 10.6. The van der Waals surface area contributed by atoms with Crippen molar-refractivity contribution in [1.29, 1.82) is 0 Å². The fourth-order valence-electron chi connectivity index (χ4n) is 2.67. The van der Waals surface area contributed by atoms with Crippen LogP contribution in [0.5, 0.6) is 0 Å². The number of aromatic amines is 1. The van der Waals surface area contributed by atoms with Crippen molar-refractivity contribution in [3.05, 3.63) is 36.0 Å². The van der Waals surface area contributed by atoms with Gasteiger partial charge in [0.1, 0.15) is 0 Å². The highest BCUT2D eigenvalue weighted by Gasteiger charge is 2.13. The molecule has 0 atom stereocenters. The van der Waals surface area contributed by atoms with Crippen LogP contribution in [0.2, 0.25) is 0 Å². The highest BCUT2D eigenvalue weighted by molar-refractivity contribution is 5.82. The summed E-state index contributed by atoms with van der Waals surface area (Å²) in [6.07, 6.45) is 4.40. The van der Waals surface area contributed by atoms with E-state index in [9.17, 15) is 0 Å². The number of hydrogen-bond acceptors (Lipinski definition) is 2. The van der Waals surface area contributed by atoms with Crippen LogP contribution >= 0.6 is 0 Å². The van der Waals surface area contributed by atoms with Gasteiger partial charge in [-0.05, 0) is 43.0 Å². The summed E-state index contributed by atoms with van der Waals surface area (Å²) in [5.41, 5.74) is 2.60. The lowest BCUT2D eigenvalue weighted by atomic mass is 10.0. The normalized spacial score (nSPS) is 17.3. The Kier molecular flexibility index (Phi) is 3.62. The number of fused-ring (bicyclic) bond motifs is 1. The lowest BCUT2D eigenvalue weighted by Crippen LogP contribution is -2.27. The van der Waals surface area contributed by atoms with Crippen molar-refractivity contribution in [2.75, 3.05) is 19.8 Å². The molecule has 1 aliphatic rings. The molecule has 3 nitrogen and oxygen atoms in total. The first kappa shape index (κ1) is 11.8. The van der Waals surface area contributed by atoms with Gasteiger partial charge in [-0.1, -0.05) is 12.1 Å². The van der Waals surface area contributed by atoms with Crippen molar-refractivity contribution in [3.8, 4) is 0 Å². The molecule has 96 valence electrons. The standard InChI is InChI=1S/C15H20N2O/c1-2-13(14-4-7-17-15(14)3-1)11-16-10-12-5-8-18-9-6-12/h1-4,7,12,16-17H,5-6,8-11H2. The Morgan fingerprint density at radius 3 is 3.00 bits per heavy atom. The van der Waals surface area contributed by atoms with Gasteiger partial charge < -0.3 is 15.0 Å². The molecule has 1 aromatic heterocycles. The van der Waals surface area contributed by atoms with Gasteiger partial charge in [-0.25, -0.2) is 0 Å². The molecule has 0 aliphatic carbocycles. The lowest BCUT2D eigenvalue weighted by molar-refractivity contribution is 0.0662. The Balaban J connectivity index is 1.57. The van der Waals surface area contributed by atoms with Gasteiger partial charge >= 0.3 is 0 Å². The van der Waals surface area contributed by atoms with Gasteiger partial charge in [0.15, 0.2) is 0 Å². The molecule has 0 amide bonds. The second-order valence-electron chi connectivity index (χ2n) is 5.04. The number of hydrogen-bond donors (Lipinski definition) is 2. The summed E-state index contributed by atoms with van der Waals surface area (Å²) in [6.45, 7) is 3.91. The Labute approximate surface area is 108 Å². The minimum atomic E-state index is 0.782. The highest BCUT2D eigenvalue weighted by Crippen LogP contribution is 2.18. The molecule has 2 aromatic rings. The van der Waals surface area contributed by atoms with Crippen LogP contribution in [0.4, 0.5) is 0 Å². The number of aromatic nitrogens is 1. The van der Waals surface area contributed by atoms with Crippen LogP contribution in [0, 0.1) is 5.92 Å². The third kappa shape index (κ3) is 2.57. The second-order valence-corrected chi connectivity index (χ2v) is 5.04. The summed E-state index contributed by atoms with van der Waals surface area (Å²) in [5, 5.41) is 4.91. The summed E-state index contributed by atoms with van der Waals surface area (Å²) in [4.78, 5) is 3.26. The molecule has 1 aliphatic heterocycles.